The van der Waals surface area contributed by atoms with Gasteiger partial charge in [-0.3, -0.25) is 0 Å². The van der Waals surface area contributed by atoms with Crippen LogP contribution in [0.2, 0.25) is 0 Å². The predicted octanol–water partition coefficient (Wildman–Crippen LogP) is 3.03. The summed E-state index contributed by atoms with van der Waals surface area (Å²) in [4.78, 5) is 2.28. The summed E-state index contributed by atoms with van der Waals surface area (Å²) in [5.74, 6) is 0.424. The fraction of sp³-hybridized carbons (Fsp3) is 0.500. The minimum absolute atomic E-state index is 0.105. The number of phenols is 1. The van der Waals surface area contributed by atoms with E-state index >= 15 is 0 Å². The monoisotopic (exact) mass is 406 g/mol. The van der Waals surface area contributed by atoms with Gasteiger partial charge in [0.05, 0.1) is 13.2 Å². The maximum absolute atomic E-state index is 12.4. The van der Waals surface area contributed by atoms with Crippen LogP contribution in [-0.2, 0) is 17.8 Å². The number of halogens is 2. The first-order chi connectivity index (χ1) is 14.0. The number of hydrogen-bond donors (Lipinski definition) is 2. The zero-order valence-electron chi connectivity index (χ0n) is 16.2. The molecule has 0 bridgehead atoms. The van der Waals surface area contributed by atoms with Crippen LogP contribution in [0.5, 0.6) is 11.5 Å². The van der Waals surface area contributed by atoms with Gasteiger partial charge in [0, 0.05) is 29.8 Å². The van der Waals surface area contributed by atoms with E-state index < -0.39 is 6.61 Å². The summed E-state index contributed by atoms with van der Waals surface area (Å²) in [6.45, 7) is 0.0370. The van der Waals surface area contributed by atoms with Crippen molar-refractivity contribution in [1.29, 1.82) is 0 Å². The Morgan fingerprint density at radius 1 is 1.31 bits per heavy atom. The third-order valence-corrected chi connectivity index (χ3v) is 5.34. The fourth-order valence-corrected chi connectivity index (χ4v) is 3.98. The predicted molar refractivity (Wildman–Crippen MR) is 103 cm³/mol. The average molecular weight is 406 g/mol. The number of anilines is 1. The van der Waals surface area contributed by atoms with Crippen molar-refractivity contribution >= 4 is 5.82 Å². The minimum atomic E-state index is -2.95. The molecule has 1 aromatic heterocycles. The van der Waals surface area contributed by atoms with Crippen molar-refractivity contribution in [3.05, 3.63) is 29.3 Å². The van der Waals surface area contributed by atoms with Crippen LogP contribution in [-0.4, -0.2) is 59.6 Å². The first-order valence-electron chi connectivity index (χ1n) is 9.70. The van der Waals surface area contributed by atoms with Crippen molar-refractivity contribution in [2.45, 2.75) is 38.5 Å². The van der Waals surface area contributed by atoms with Gasteiger partial charge in [-0.15, -0.1) is 10.2 Å². The standard InChI is InChI=1S/C20H24F2N4O3/c1-26-7-2-3-12(10-26)23-19-16-11-28-8-6-14(16)18(24-25-19)15-5-4-13(9-17(15)27)29-20(21)22/h4-5,9,12,20,27H,2-3,6-8,10-11H2,1H3,(H,23,25)/t12-/m1/s1. The SMILES string of the molecule is CN1CCC[C@@H](Nc2nnc(-c3ccc(OC(F)F)cc3O)c3c2COCC3)C1. The zero-order chi connectivity index (χ0) is 20.4. The highest BCUT2D eigenvalue weighted by molar-refractivity contribution is 5.73. The molecule has 4 rings (SSSR count). The van der Waals surface area contributed by atoms with E-state index in [1.54, 1.807) is 0 Å². The summed E-state index contributed by atoms with van der Waals surface area (Å²) < 4.78 is 34.8. The quantitative estimate of drug-likeness (QED) is 0.790. The molecule has 0 aliphatic carbocycles. The van der Waals surface area contributed by atoms with Crippen LogP contribution in [0.25, 0.3) is 11.3 Å². The summed E-state index contributed by atoms with van der Waals surface area (Å²) in [7, 11) is 2.10. The molecule has 1 fully saturated rings. The van der Waals surface area contributed by atoms with Gasteiger partial charge in [-0.1, -0.05) is 0 Å². The number of likely N-dealkylation sites (N-methyl/N-ethyl adjacent to an activating group) is 1. The number of rotatable bonds is 5. The maximum Gasteiger partial charge on any atom is 0.387 e. The van der Waals surface area contributed by atoms with E-state index in [-0.39, 0.29) is 11.5 Å². The molecule has 0 spiro atoms. The van der Waals surface area contributed by atoms with E-state index in [1.165, 1.54) is 18.2 Å². The van der Waals surface area contributed by atoms with Crippen LogP contribution in [0, 0.1) is 0 Å². The summed E-state index contributed by atoms with van der Waals surface area (Å²) in [5.41, 5.74) is 2.86. The Bertz CT molecular complexity index is 881. The molecule has 1 saturated heterocycles. The van der Waals surface area contributed by atoms with Gasteiger partial charge >= 0.3 is 6.61 Å². The highest BCUT2D eigenvalue weighted by atomic mass is 19.3. The van der Waals surface area contributed by atoms with Crippen molar-refractivity contribution < 1.29 is 23.4 Å². The number of fused-ring (bicyclic) bond motifs is 1. The van der Waals surface area contributed by atoms with Crippen LogP contribution in [0.3, 0.4) is 0 Å². The first-order valence-corrected chi connectivity index (χ1v) is 9.70. The Hall–Kier alpha value is -2.52. The summed E-state index contributed by atoms with van der Waals surface area (Å²) in [6.07, 6.45) is 2.82. The lowest BCUT2D eigenvalue weighted by atomic mass is 9.97. The topological polar surface area (TPSA) is 79.7 Å². The first kappa shape index (κ1) is 19.8. The van der Waals surface area contributed by atoms with Gasteiger partial charge in [-0.05, 0) is 50.6 Å². The van der Waals surface area contributed by atoms with Crippen LogP contribution in [0.1, 0.15) is 24.0 Å². The Kier molecular flexibility index (Phi) is 5.77. The lowest BCUT2D eigenvalue weighted by Crippen LogP contribution is -2.40. The lowest BCUT2D eigenvalue weighted by Gasteiger charge is -2.31. The highest BCUT2D eigenvalue weighted by Gasteiger charge is 2.25. The van der Waals surface area contributed by atoms with Gasteiger partial charge in [-0.25, -0.2) is 0 Å². The Morgan fingerprint density at radius 2 is 2.17 bits per heavy atom. The summed E-state index contributed by atoms with van der Waals surface area (Å²) >= 11 is 0. The molecule has 0 amide bonds. The third kappa shape index (κ3) is 4.40. The van der Waals surface area contributed by atoms with Crippen LogP contribution < -0.4 is 10.1 Å². The normalized spacial score (nSPS) is 19.8. The molecular formula is C20H24F2N4O3. The fourth-order valence-electron chi connectivity index (χ4n) is 3.98. The molecule has 0 saturated carbocycles. The number of aromatic nitrogens is 2. The Balaban J connectivity index is 1.65. The number of benzene rings is 1. The minimum Gasteiger partial charge on any atom is -0.507 e. The van der Waals surface area contributed by atoms with Crippen molar-refractivity contribution in [3.63, 3.8) is 0 Å². The molecule has 29 heavy (non-hydrogen) atoms. The van der Waals surface area contributed by atoms with E-state index in [2.05, 4.69) is 32.2 Å². The van der Waals surface area contributed by atoms with E-state index in [1.807, 2.05) is 0 Å². The summed E-state index contributed by atoms with van der Waals surface area (Å²) in [6, 6.07) is 4.37. The molecule has 1 aromatic carbocycles. The number of nitrogens with zero attached hydrogens (tertiary/aromatic N) is 3. The van der Waals surface area contributed by atoms with Gasteiger partial charge in [0.15, 0.2) is 5.82 Å². The second-order valence-electron chi connectivity index (χ2n) is 7.46. The second kappa shape index (κ2) is 8.46. The molecule has 9 heteroatoms. The number of nitrogens with one attached hydrogen (secondary N) is 1. The molecule has 156 valence electrons. The van der Waals surface area contributed by atoms with Gasteiger partial charge in [0.2, 0.25) is 0 Å². The molecule has 3 heterocycles. The number of alkyl halides is 2. The van der Waals surface area contributed by atoms with Crippen molar-refractivity contribution in [2.24, 2.45) is 0 Å². The second-order valence-corrected chi connectivity index (χ2v) is 7.46. The number of piperidine rings is 1. The lowest BCUT2D eigenvalue weighted by molar-refractivity contribution is -0.0499. The molecule has 0 radical (unpaired) electrons. The number of phenolic OH excluding ortho intramolecular Hbond substituents is 1. The zero-order valence-corrected chi connectivity index (χ0v) is 16.2. The largest absolute Gasteiger partial charge is 0.507 e. The van der Waals surface area contributed by atoms with Crippen molar-refractivity contribution in [1.82, 2.24) is 15.1 Å². The van der Waals surface area contributed by atoms with Crippen LogP contribution in [0.15, 0.2) is 18.2 Å². The molecule has 1 atom stereocenters. The van der Waals surface area contributed by atoms with Crippen LogP contribution in [0.4, 0.5) is 14.6 Å². The maximum atomic E-state index is 12.4. The molecular weight excluding hydrogens is 382 g/mol. The van der Waals surface area contributed by atoms with E-state index in [0.29, 0.717) is 42.8 Å². The van der Waals surface area contributed by atoms with Gasteiger partial charge in [0.1, 0.15) is 17.2 Å². The Morgan fingerprint density at radius 3 is 2.93 bits per heavy atom. The van der Waals surface area contributed by atoms with E-state index in [0.717, 1.165) is 37.1 Å². The summed E-state index contributed by atoms with van der Waals surface area (Å²) in [5, 5.41) is 22.6. The van der Waals surface area contributed by atoms with Crippen LogP contribution >= 0.6 is 0 Å². The molecule has 2 aliphatic rings. The number of likely N-dealkylation sites (tertiary alicyclic amines) is 1. The van der Waals surface area contributed by atoms with E-state index in [9.17, 15) is 13.9 Å². The van der Waals surface area contributed by atoms with Gasteiger partial charge in [0.25, 0.3) is 0 Å². The molecule has 2 N–H and O–H groups in total. The Labute approximate surface area is 167 Å². The van der Waals surface area contributed by atoms with E-state index in [4.69, 9.17) is 4.74 Å². The van der Waals surface area contributed by atoms with Crippen molar-refractivity contribution in [2.75, 3.05) is 32.1 Å². The number of ether oxygens (including phenoxy) is 2. The smallest absolute Gasteiger partial charge is 0.387 e. The third-order valence-electron chi connectivity index (χ3n) is 5.34. The number of hydrogen-bond acceptors (Lipinski definition) is 7. The average Bonchev–Trinajstić information content (AvgIpc) is 2.68. The van der Waals surface area contributed by atoms with Gasteiger partial charge in [-0.2, -0.15) is 8.78 Å². The number of aromatic hydroxyl groups is 1. The molecule has 0 unspecified atom stereocenters. The highest BCUT2D eigenvalue weighted by Crippen LogP contribution is 2.37. The molecule has 2 aromatic rings. The molecule has 2 aliphatic heterocycles. The van der Waals surface area contributed by atoms with Crippen molar-refractivity contribution in [3.8, 4) is 22.8 Å². The molecule has 7 nitrogen and oxygen atoms in total. The van der Waals surface area contributed by atoms with Gasteiger partial charge < -0.3 is 24.8 Å².